The van der Waals surface area contributed by atoms with Crippen molar-refractivity contribution in [1.29, 1.82) is 0 Å². The molecule has 0 fully saturated rings. The van der Waals surface area contributed by atoms with Crippen molar-refractivity contribution < 1.29 is 9.53 Å². The average Bonchev–Trinajstić information content (AvgIpc) is 2.73. The van der Waals surface area contributed by atoms with Crippen LogP contribution in [0.3, 0.4) is 0 Å². The van der Waals surface area contributed by atoms with Gasteiger partial charge in [0.2, 0.25) is 5.91 Å². The van der Waals surface area contributed by atoms with Crippen molar-refractivity contribution in [3.63, 3.8) is 0 Å². The fourth-order valence-corrected chi connectivity index (χ4v) is 3.53. The quantitative estimate of drug-likeness (QED) is 0.263. The number of halogens is 1. The molecule has 0 saturated heterocycles. The third-order valence-corrected chi connectivity index (χ3v) is 5.05. The van der Waals surface area contributed by atoms with E-state index in [-0.39, 0.29) is 41.4 Å². The first-order valence-electron chi connectivity index (χ1n) is 11.0. The molecule has 1 heterocycles. The molecule has 0 bridgehead atoms. The van der Waals surface area contributed by atoms with Gasteiger partial charge in [-0.15, -0.1) is 24.0 Å². The van der Waals surface area contributed by atoms with Gasteiger partial charge in [-0.1, -0.05) is 42.5 Å². The molecule has 0 aromatic heterocycles. The molecule has 2 aromatic rings. The Hall–Kier alpha value is -2.13. The highest BCUT2D eigenvalue weighted by Crippen LogP contribution is 2.31. The number of carbonyl (C=O) groups excluding carboxylic acids is 1. The van der Waals surface area contributed by atoms with Crippen LogP contribution in [0.5, 0.6) is 0 Å². The first-order chi connectivity index (χ1) is 14.8. The third-order valence-electron chi connectivity index (χ3n) is 5.05. The number of carbonyl (C=O) groups is 1. The van der Waals surface area contributed by atoms with Gasteiger partial charge < -0.3 is 20.7 Å². The van der Waals surface area contributed by atoms with E-state index in [0.717, 1.165) is 34.9 Å². The summed E-state index contributed by atoms with van der Waals surface area (Å²) in [6.07, 6.45) is 0.471. The molecule has 1 amide bonds. The Labute approximate surface area is 208 Å². The largest absolute Gasteiger partial charge is 0.371 e. The molecule has 1 aliphatic rings. The molecule has 1 atom stereocenters. The Bertz CT molecular complexity index is 924. The lowest BCUT2D eigenvalue weighted by molar-refractivity contribution is -0.116. The number of guanidine groups is 1. The average molecular weight is 550 g/mol. The molecule has 0 spiro atoms. The summed E-state index contributed by atoms with van der Waals surface area (Å²) in [4.78, 5) is 16.8. The van der Waals surface area contributed by atoms with Gasteiger partial charge >= 0.3 is 0 Å². The second-order valence-corrected chi connectivity index (χ2v) is 8.83. The topological polar surface area (TPSA) is 74.8 Å². The number of hydrogen-bond donors (Lipinski definition) is 3. The van der Waals surface area contributed by atoms with Crippen molar-refractivity contribution >= 4 is 41.5 Å². The monoisotopic (exact) mass is 550 g/mol. The van der Waals surface area contributed by atoms with E-state index in [1.807, 2.05) is 31.2 Å². The standard InChI is InChI=1S/C25H34N4O2.HI/c1-5-26-24(27-15-18-9-8-10-19(13-18)17-31-25(2,3)4)28-16-20-14-23(30)29-22-12-7-6-11-21(20)22;/h6-13,20H,5,14-17H2,1-4H3,(H,29,30)(H2,26,27,28);1H. The maximum absolute atomic E-state index is 12.1. The predicted octanol–water partition coefficient (Wildman–Crippen LogP) is 4.80. The van der Waals surface area contributed by atoms with Crippen molar-refractivity contribution in [2.75, 3.05) is 18.4 Å². The van der Waals surface area contributed by atoms with Gasteiger partial charge in [0.25, 0.3) is 0 Å². The summed E-state index contributed by atoms with van der Waals surface area (Å²) in [6.45, 7) is 10.8. The fraction of sp³-hybridized carbons (Fsp3) is 0.440. The van der Waals surface area contributed by atoms with Gasteiger partial charge in [0.15, 0.2) is 5.96 Å². The fourth-order valence-electron chi connectivity index (χ4n) is 3.53. The number of fused-ring (bicyclic) bond motifs is 1. The molecule has 0 saturated carbocycles. The maximum atomic E-state index is 12.1. The number of hydrogen-bond acceptors (Lipinski definition) is 3. The number of rotatable bonds is 7. The summed E-state index contributed by atoms with van der Waals surface area (Å²) in [5, 5.41) is 9.67. The molecule has 1 unspecified atom stereocenters. The van der Waals surface area contributed by atoms with E-state index in [2.05, 4.69) is 61.0 Å². The molecule has 3 N–H and O–H groups in total. The number of para-hydroxylation sites is 1. The number of aliphatic imine (C=N–C) groups is 1. The van der Waals surface area contributed by atoms with Crippen LogP contribution in [-0.4, -0.2) is 30.6 Å². The van der Waals surface area contributed by atoms with Crippen molar-refractivity contribution in [2.24, 2.45) is 4.99 Å². The highest BCUT2D eigenvalue weighted by Gasteiger charge is 2.24. The van der Waals surface area contributed by atoms with Gasteiger partial charge in [0.1, 0.15) is 0 Å². The van der Waals surface area contributed by atoms with Crippen LogP contribution in [0.15, 0.2) is 53.5 Å². The Balaban J connectivity index is 0.00000363. The lowest BCUT2D eigenvalue weighted by Gasteiger charge is -2.26. The van der Waals surface area contributed by atoms with Crippen molar-refractivity contribution in [2.45, 2.75) is 58.8 Å². The van der Waals surface area contributed by atoms with Gasteiger partial charge in [0.05, 0.1) is 18.8 Å². The number of amides is 1. The van der Waals surface area contributed by atoms with Gasteiger partial charge in [-0.2, -0.15) is 0 Å². The normalized spacial score (nSPS) is 15.9. The summed E-state index contributed by atoms with van der Waals surface area (Å²) >= 11 is 0. The molecule has 0 aliphatic carbocycles. The van der Waals surface area contributed by atoms with Gasteiger partial charge in [0, 0.05) is 31.1 Å². The zero-order valence-corrected chi connectivity index (χ0v) is 21.7. The third kappa shape index (κ3) is 8.09. The van der Waals surface area contributed by atoms with Crippen LogP contribution in [0.4, 0.5) is 5.69 Å². The van der Waals surface area contributed by atoms with Gasteiger partial charge in [-0.3, -0.25) is 4.79 Å². The molecule has 1 aliphatic heterocycles. The summed E-state index contributed by atoms with van der Waals surface area (Å²) in [5.74, 6) is 0.927. The van der Waals surface area contributed by atoms with Crippen LogP contribution < -0.4 is 16.0 Å². The van der Waals surface area contributed by atoms with Crippen LogP contribution in [-0.2, 0) is 22.7 Å². The molecule has 32 heavy (non-hydrogen) atoms. The molecule has 0 radical (unpaired) electrons. The predicted molar refractivity (Wildman–Crippen MR) is 142 cm³/mol. The highest BCUT2D eigenvalue weighted by atomic mass is 127. The van der Waals surface area contributed by atoms with Crippen LogP contribution in [0.25, 0.3) is 0 Å². The number of nitrogens with zero attached hydrogens (tertiary/aromatic N) is 1. The minimum absolute atomic E-state index is 0. The Morgan fingerprint density at radius 1 is 1.12 bits per heavy atom. The van der Waals surface area contributed by atoms with E-state index in [1.54, 1.807) is 0 Å². The zero-order chi connectivity index (χ0) is 22.3. The number of nitrogens with one attached hydrogen (secondary N) is 3. The van der Waals surface area contributed by atoms with E-state index < -0.39 is 0 Å². The first kappa shape index (κ1) is 26.1. The first-order valence-corrected chi connectivity index (χ1v) is 11.0. The second kappa shape index (κ2) is 12.2. The lowest BCUT2D eigenvalue weighted by atomic mass is 9.90. The Morgan fingerprint density at radius 2 is 1.88 bits per heavy atom. The summed E-state index contributed by atoms with van der Waals surface area (Å²) < 4.78 is 5.88. The number of anilines is 1. The van der Waals surface area contributed by atoms with Crippen LogP contribution >= 0.6 is 24.0 Å². The minimum Gasteiger partial charge on any atom is -0.371 e. The molecule has 7 heteroatoms. The van der Waals surface area contributed by atoms with E-state index in [0.29, 0.717) is 26.1 Å². The molecule has 2 aromatic carbocycles. The summed E-state index contributed by atoms with van der Waals surface area (Å²) in [6, 6.07) is 16.3. The zero-order valence-electron chi connectivity index (χ0n) is 19.4. The molecule has 174 valence electrons. The molecule has 3 rings (SSSR count). The van der Waals surface area contributed by atoms with E-state index >= 15 is 0 Å². The number of ether oxygens (including phenoxy) is 1. The molecule has 6 nitrogen and oxygen atoms in total. The van der Waals surface area contributed by atoms with Crippen molar-refractivity contribution in [1.82, 2.24) is 10.6 Å². The lowest BCUT2D eigenvalue weighted by Crippen LogP contribution is -2.40. The molecular formula is C25H35IN4O2. The van der Waals surface area contributed by atoms with Gasteiger partial charge in [-0.05, 0) is 50.5 Å². The van der Waals surface area contributed by atoms with Crippen LogP contribution in [0.1, 0.15) is 56.7 Å². The van der Waals surface area contributed by atoms with Crippen molar-refractivity contribution in [3.05, 3.63) is 65.2 Å². The van der Waals surface area contributed by atoms with E-state index in [4.69, 9.17) is 9.73 Å². The Kier molecular flexibility index (Phi) is 9.96. The van der Waals surface area contributed by atoms with Crippen LogP contribution in [0, 0.1) is 0 Å². The Morgan fingerprint density at radius 3 is 2.62 bits per heavy atom. The summed E-state index contributed by atoms with van der Waals surface area (Å²) in [7, 11) is 0. The smallest absolute Gasteiger partial charge is 0.225 e. The van der Waals surface area contributed by atoms with Gasteiger partial charge in [-0.25, -0.2) is 4.99 Å². The maximum Gasteiger partial charge on any atom is 0.225 e. The van der Waals surface area contributed by atoms with Crippen molar-refractivity contribution in [3.8, 4) is 0 Å². The SMILES string of the molecule is CCNC(=NCc1cccc(COC(C)(C)C)c1)NCC1CC(=O)Nc2ccccc21.I. The number of benzene rings is 2. The van der Waals surface area contributed by atoms with E-state index in [1.165, 1.54) is 0 Å². The molecular weight excluding hydrogens is 515 g/mol. The second-order valence-electron chi connectivity index (χ2n) is 8.83. The summed E-state index contributed by atoms with van der Waals surface area (Å²) in [5.41, 5.74) is 4.18. The highest BCUT2D eigenvalue weighted by molar-refractivity contribution is 14.0. The van der Waals surface area contributed by atoms with Crippen LogP contribution in [0.2, 0.25) is 0 Å². The minimum atomic E-state index is -0.162. The van der Waals surface area contributed by atoms with E-state index in [9.17, 15) is 4.79 Å².